The van der Waals surface area contributed by atoms with E-state index in [0.29, 0.717) is 5.75 Å². The Morgan fingerprint density at radius 3 is 2.72 bits per heavy atom. The molecule has 7 heteroatoms. The van der Waals surface area contributed by atoms with Crippen LogP contribution in [0.3, 0.4) is 0 Å². The number of rotatable bonds is 4. The first-order chi connectivity index (χ1) is 8.39. The first-order valence-electron chi connectivity index (χ1n) is 5.28. The zero-order valence-electron chi connectivity index (χ0n) is 9.58. The first-order valence-corrected chi connectivity index (χ1v) is 5.28. The lowest BCUT2D eigenvalue weighted by molar-refractivity contribution is -0.384. The summed E-state index contributed by atoms with van der Waals surface area (Å²) in [6.07, 6.45) is 0.0530. The van der Waals surface area contributed by atoms with Crippen molar-refractivity contribution in [2.24, 2.45) is 0 Å². The summed E-state index contributed by atoms with van der Waals surface area (Å²) >= 11 is 0. The fourth-order valence-electron chi connectivity index (χ4n) is 1.70. The normalized spacial score (nSPS) is 20.7. The van der Waals surface area contributed by atoms with Gasteiger partial charge in [0.05, 0.1) is 17.4 Å². The number of nitro groups is 1. The Kier molecular flexibility index (Phi) is 2.82. The highest BCUT2D eigenvalue weighted by Crippen LogP contribution is 2.42. The van der Waals surface area contributed by atoms with Gasteiger partial charge in [-0.3, -0.25) is 14.9 Å². The van der Waals surface area contributed by atoms with E-state index >= 15 is 0 Å². The smallest absolute Gasteiger partial charge is 0.303 e. The van der Waals surface area contributed by atoms with Gasteiger partial charge < -0.3 is 14.6 Å². The molecule has 1 aliphatic rings. The van der Waals surface area contributed by atoms with Crippen LogP contribution in [-0.2, 0) is 4.79 Å². The summed E-state index contributed by atoms with van der Waals surface area (Å²) < 4.78 is 10.9. The van der Waals surface area contributed by atoms with Crippen LogP contribution in [0.5, 0.6) is 11.5 Å². The molecule has 1 unspecified atom stereocenters. The molecule has 0 radical (unpaired) electrons. The van der Waals surface area contributed by atoms with E-state index in [-0.39, 0.29) is 24.3 Å². The van der Waals surface area contributed by atoms with Gasteiger partial charge in [0.15, 0.2) is 11.5 Å². The number of carbonyl (C=O) groups is 1. The molecule has 0 spiro atoms. The Labute approximate surface area is 102 Å². The molecule has 0 aliphatic carbocycles. The molecule has 1 heterocycles. The zero-order valence-corrected chi connectivity index (χ0v) is 9.58. The van der Waals surface area contributed by atoms with Crippen molar-refractivity contribution in [3.63, 3.8) is 0 Å². The van der Waals surface area contributed by atoms with E-state index in [1.54, 1.807) is 6.92 Å². The number of carboxylic acid groups (broad SMARTS) is 1. The predicted molar refractivity (Wildman–Crippen MR) is 59.6 cm³/mol. The van der Waals surface area contributed by atoms with Gasteiger partial charge in [0.2, 0.25) is 5.79 Å². The lowest BCUT2D eigenvalue weighted by Crippen LogP contribution is -2.35. The molecular weight excluding hydrogens is 242 g/mol. The van der Waals surface area contributed by atoms with Crippen molar-refractivity contribution in [2.75, 3.05) is 0 Å². The largest absolute Gasteiger partial charge is 0.481 e. The number of aliphatic carboxylic acids is 1. The van der Waals surface area contributed by atoms with Crippen LogP contribution in [0.2, 0.25) is 0 Å². The molecule has 2 rings (SSSR count). The highest BCUT2D eigenvalue weighted by atomic mass is 16.7. The minimum absolute atomic E-state index is 0.0974. The van der Waals surface area contributed by atoms with Crippen molar-refractivity contribution in [1.82, 2.24) is 0 Å². The summed E-state index contributed by atoms with van der Waals surface area (Å²) in [5.41, 5.74) is -0.0974. The number of fused-ring (bicyclic) bond motifs is 1. The molecule has 1 aliphatic heterocycles. The lowest BCUT2D eigenvalue weighted by Gasteiger charge is -2.21. The van der Waals surface area contributed by atoms with E-state index in [1.807, 2.05) is 0 Å². The summed E-state index contributed by atoms with van der Waals surface area (Å²) in [5, 5.41) is 19.2. The van der Waals surface area contributed by atoms with E-state index in [1.165, 1.54) is 18.2 Å². The minimum Gasteiger partial charge on any atom is -0.481 e. The van der Waals surface area contributed by atoms with Crippen LogP contribution in [-0.4, -0.2) is 21.8 Å². The predicted octanol–water partition coefficient (Wildman–Crippen LogP) is 1.95. The molecule has 0 fully saturated rings. The minimum atomic E-state index is -1.09. The van der Waals surface area contributed by atoms with Gasteiger partial charge in [0.1, 0.15) is 0 Å². The van der Waals surface area contributed by atoms with Crippen molar-refractivity contribution in [1.29, 1.82) is 0 Å². The molecule has 0 bridgehead atoms. The van der Waals surface area contributed by atoms with Crippen molar-refractivity contribution in [2.45, 2.75) is 25.6 Å². The molecule has 18 heavy (non-hydrogen) atoms. The fraction of sp³-hybridized carbons (Fsp3) is 0.364. The maximum absolute atomic E-state index is 10.6. The van der Waals surface area contributed by atoms with Gasteiger partial charge in [-0.2, -0.15) is 0 Å². The number of nitrogens with zero attached hydrogens (tertiary/aromatic N) is 1. The SMILES string of the molecule is CC1(CCC(=O)O)Oc2ccc([N+](=O)[O-])cc2O1. The van der Waals surface area contributed by atoms with E-state index in [9.17, 15) is 14.9 Å². The molecule has 7 nitrogen and oxygen atoms in total. The molecule has 1 aromatic carbocycles. The topological polar surface area (TPSA) is 98.9 Å². The molecule has 96 valence electrons. The number of benzene rings is 1. The summed E-state index contributed by atoms with van der Waals surface area (Å²) in [4.78, 5) is 20.6. The van der Waals surface area contributed by atoms with Crippen LogP contribution < -0.4 is 9.47 Å². The van der Waals surface area contributed by atoms with Gasteiger partial charge in [0.25, 0.3) is 5.69 Å². The van der Waals surface area contributed by atoms with Crippen LogP contribution in [0.1, 0.15) is 19.8 Å². The second-order valence-electron chi connectivity index (χ2n) is 4.12. The number of nitro benzene ring substituents is 1. The van der Waals surface area contributed by atoms with Crippen LogP contribution in [0.15, 0.2) is 18.2 Å². The summed E-state index contributed by atoms with van der Waals surface area (Å²) in [6, 6.07) is 4.02. The molecule has 1 aromatic rings. The van der Waals surface area contributed by atoms with Crippen molar-refractivity contribution in [3.8, 4) is 11.5 Å². The lowest BCUT2D eigenvalue weighted by atomic mass is 10.2. The van der Waals surface area contributed by atoms with Gasteiger partial charge in [0, 0.05) is 19.4 Å². The Bertz CT molecular complexity index is 514. The fourth-order valence-corrected chi connectivity index (χ4v) is 1.70. The van der Waals surface area contributed by atoms with Crippen LogP contribution in [0.4, 0.5) is 5.69 Å². The standard InChI is InChI=1S/C11H11NO6/c1-11(5-4-10(13)14)17-8-3-2-7(12(15)16)6-9(8)18-11/h2-3,6H,4-5H2,1H3,(H,13,14). The maximum atomic E-state index is 10.6. The Morgan fingerprint density at radius 2 is 2.11 bits per heavy atom. The van der Waals surface area contributed by atoms with Gasteiger partial charge >= 0.3 is 5.97 Å². The van der Waals surface area contributed by atoms with Crippen molar-refractivity contribution in [3.05, 3.63) is 28.3 Å². The van der Waals surface area contributed by atoms with Gasteiger partial charge in [-0.1, -0.05) is 0 Å². The maximum Gasteiger partial charge on any atom is 0.303 e. The highest BCUT2D eigenvalue weighted by Gasteiger charge is 2.37. The summed E-state index contributed by atoms with van der Waals surface area (Å²) in [6.45, 7) is 1.60. The third kappa shape index (κ3) is 2.34. The summed E-state index contributed by atoms with van der Waals surface area (Å²) in [5.74, 6) is -1.40. The number of hydrogen-bond donors (Lipinski definition) is 1. The molecule has 0 saturated heterocycles. The number of carboxylic acids is 1. The van der Waals surface area contributed by atoms with Crippen LogP contribution >= 0.6 is 0 Å². The zero-order chi connectivity index (χ0) is 13.3. The monoisotopic (exact) mass is 253 g/mol. The van der Waals surface area contributed by atoms with Gasteiger partial charge in [-0.15, -0.1) is 0 Å². The Balaban J connectivity index is 2.16. The van der Waals surface area contributed by atoms with E-state index < -0.39 is 16.7 Å². The molecule has 0 saturated carbocycles. The Morgan fingerprint density at radius 1 is 1.44 bits per heavy atom. The third-order valence-electron chi connectivity index (χ3n) is 2.58. The molecular formula is C11H11NO6. The molecule has 0 aromatic heterocycles. The van der Waals surface area contributed by atoms with E-state index in [0.717, 1.165) is 0 Å². The van der Waals surface area contributed by atoms with Crippen LogP contribution in [0, 0.1) is 10.1 Å². The van der Waals surface area contributed by atoms with Gasteiger partial charge in [-0.05, 0) is 6.07 Å². The summed E-state index contributed by atoms with van der Waals surface area (Å²) in [7, 11) is 0. The average molecular weight is 253 g/mol. The Hall–Kier alpha value is -2.31. The number of ether oxygens (including phenoxy) is 2. The first kappa shape index (κ1) is 12.2. The average Bonchev–Trinajstić information content (AvgIpc) is 2.62. The molecule has 0 amide bonds. The number of hydrogen-bond acceptors (Lipinski definition) is 5. The third-order valence-corrected chi connectivity index (χ3v) is 2.58. The second kappa shape index (κ2) is 4.17. The molecule has 1 atom stereocenters. The van der Waals surface area contributed by atoms with Crippen LogP contribution in [0.25, 0.3) is 0 Å². The number of non-ortho nitro benzene ring substituents is 1. The van der Waals surface area contributed by atoms with Crippen molar-refractivity contribution < 1.29 is 24.3 Å². The molecule has 1 N–H and O–H groups in total. The van der Waals surface area contributed by atoms with Gasteiger partial charge in [-0.25, -0.2) is 0 Å². The van der Waals surface area contributed by atoms with Crippen molar-refractivity contribution >= 4 is 11.7 Å². The van der Waals surface area contributed by atoms with E-state index in [2.05, 4.69) is 0 Å². The van der Waals surface area contributed by atoms with E-state index in [4.69, 9.17) is 14.6 Å². The quantitative estimate of drug-likeness (QED) is 0.650. The second-order valence-corrected chi connectivity index (χ2v) is 4.12. The highest BCUT2D eigenvalue weighted by molar-refractivity contribution is 5.66.